The minimum Gasteiger partial charge on any atom is -0.298 e. The summed E-state index contributed by atoms with van der Waals surface area (Å²) in [6.45, 7) is 0. The van der Waals surface area contributed by atoms with Gasteiger partial charge in [-0.3, -0.25) is 9.36 Å². The van der Waals surface area contributed by atoms with Gasteiger partial charge in [0.25, 0.3) is 0 Å². The topological polar surface area (TPSA) is 34.9 Å². The van der Waals surface area contributed by atoms with Gasteiger partial charge in [-0.15, -0.1) is 0 Å². The van der Waals surface area contributed by atoms with Gasteiger partial charge >= 0.3 is 0 Å². The highest BCUT2D eigenvalue weighted by Gasteiger charge is 2.11. The summed E-state index contributed by atoms with van der Waals surface area (Å²) in [5, 5.41) is 0. The predicted molar refractivity (Wildman–Crippen MR) is 74.3 cm³/mol. The molecule has 0 radical (unpaired) electrons. The molecule has 0 aliphatic carbocycles. The molecule has 0 saturated heterocycles. The number of carbonyl (C=O) groups excluding carboxylic acids is 1. The Labute approximate surface area is 118 Å². The van der Waals surface area contributed by atoms with Crippen LogP contribution in [0, 0.1) is 13.2 Å². The maximum atomic E-state index is 13.0. The van der Waals surface area contributed by atoms with Crippen LogP contribution in [0.2, 0.25) is 0 Å². The second-order valence-electron chi connectivity index (χ2n) is 3.02. The van der Waals surface area contributed by atoms with Gasteiger partial charge in [0.15, 0.2) is 6.29 Å². The fourth-order valence-electron chi connectivity index (χ4n) is 1.32. The number of imidazole rings is 1. The van der Waals surface area contributed by atoms with Crippen molar-refractivity contribution in [1.82, 2.24) is 9.55 Å². The van der Waals surface area contributed by atoms with Crippen LogP contribution in [0.25, 0.3) is 5.69 Å². The van der Waals surface area contributed by atoms with Crippen LogP contribution in [-0.2, 0) is 0 Å². The van der Waals surface area contributed by atoms with Gasteiger partial charge in [0.05, 0.1) is 5.69 Å². The zero-order chi connectivity index (χ0) is 11.7. The number of halogens is 3. The Morgan fingerprint density at radius 1 is 1.38 bits per heavy atom. The standard InChI is InChI=1S/C10H5FI2N2O/c11-7-1-2-8(6(3-7)4-16)15-5-14-9(12)10(15)13/h1-5H. The molecular formula is C10H5FI2N2O. The molecule has 2 rings (SSSR count). The first kappa shape index (κ1) is 12.0. The number of aldehydes is 1. The Balaban J connectivity index is 2.64. The maximum absolute atomic E-state index is 13.0. The monoisotopic (exact) mass is 442 g/mol. The molecule has 0 unspecified atom stereocenters. The van der Waals surface area contributed by atoms with Gasteiger partial charge in [0, 0.05) is 5.56 Å². The fourth-order valence-corrected chi connectivity index (χ4v) is 2.23. The first-order valence-electron chi connectivity index (χ1n) is 4.27. The quantitative estimate of drug-likeness (QED) is 0.530. The Bertz CT molecular complexity index is 554. The van der Waals surface area contributed by atoms with E-state index in [1.807, 2.05) is 0 Å². The van der Waals surface area contributed by atoms with Crippen LogP contribution in [-0.4, -0.2) is 15.8 Å². The van der Waals surface area contributed by atoms with Gasteiger partial charge in [-0.25, -0.2) is 9.37 Å². The third-order valence-electron chi connectivity index (χ3n) is 2.04. The van der Waals surface area contributed by atoms with Gasteiger partial charge in [0.2, 0.25) is 0 Å². The van der Waals surface area contributed by atoms with Crippen LogP contribution < -0.4 is 0 Å². The zero-order valence-electron chi connectivity index (χ0n) is 7.82. The lowest BCUT2D eigenvalue weighted by Crippen LogP contribution is -2.00. The molecule has 0 atom stereocenters. The average molecular weight is 442 g/mol. The lowest BCUT2D eigenvalue weighted by Gasteiger charge is -2.06. The highest BCUT2D eigenvalue weighted by atomic mass is 127. The van der Waals surface area contributed by atoms with Gasteiger partial charge < -0.3 is 0 Å². The molecule has 0 bridgehead atoms. The molecule has 0 fully saturated rings. The SMILES string of the molecule is O=Cc1cc(F)ccc1-n1cnc(I)c1I. The van der Waals surface area contributed by atoms with Crippen molar-refractivity contribution in [3.05, 3.63) is 43.3 Å². The molecule has 1 aromatic carbocycles. The summed E-state index contributed by atoms with van der Waals surface area (Å²) in [7, 11) is 0. The van der Waals surface area contributed by atoms with E-state index in [9.17, 15) is 9.18 Å². The van der Waals surface area contributed by atoms with E-state index >= 15 is 0 Å². The predicted octanol–water partition coefficient (Wildman–Crippen LogP) is 3.03. The van der Waals surface area contributed by atoms with Crippen LogP contribution in [0.5, 0.6) is 0 Å². The molecule has 2 aromatic rings. The number of rotatable bonds is 2. The van der Waals surface area contributed by atoms with Crippen molar-refractivity contribution in [3.8, 4) is 5.69 Å². The summed E-state index contributed by atoms with van der Waals surface area (Å²) in [4.78, 5) is 15.0. The Kier molecular flexibility index (Phi) is 3.57. The molecule has 1 heterocycles. The van der Waals surface area contributed by atoms with Crippen molar-refractivity contribution in [2.45, 2.75) is 0 Å². The van der Waals surface area contributed by atoms with E-state index in [1.54, 1.807) is 17.0 Å². The van der Waals surface area contributed by atoms with E-state index in [1.165, 1.54) is 12.1 Å². The minimum atomic E-state index is -0.421. The number of aromatic nitrogens is 2. The molecule has 0 amide bonds. The van der Waals surface area contributed by atoms with Gasteiger partial charge in [0.1, 0.15) is 19.5 Å². The molecule has 0 N–H and O–H groups in total. The Hall–Kier alpha value is -0.510. The fraction of sp³-hybridized carbons (Fsp3) is 0. The molecule has 0 aliphatic rings. The van der Waals surface area contributed by atoms with Crippen molar-refractivity contribution in [3.63, 3.8) is 0 Å². The third kappa shape index (κ3) is 2.12. The Morgan fingerprint density at radius 2 is 2.12 bits per heavy atom. The first-order valence-corrected chi connectivity index (χ1v) is 6.42. The van der Waals surface area contributed by atoms with E-state index in [0.29, 0.717) is 17.5 Å². The summed E-state index contributed by atoms with van der Waals surface area (Å²) in [5.74, 6) is -0.421. The number of nitrogens with zero attached hydrogens (tertiary/aromatic N) is 2. The molecule has 0 aliphatic heterocycles. The molecular weight excluding hydrogens is 437 g/mol. The van der Waals surface area contributed by atoms with E-state index in [4.69, 9.17) is 0 Å². The number of hydrogen-bond acceptors (Lipinski definition) is 2. The largest absolute Gasteiger partial charge is 0.298 e. The molecule has 16 heavy (non-hydrogen) atoms. The number of hydrogen-bond donors (Lipinski definition) is 0. The second kappa shape index (κ2) is 4.78. The van der Waals surface area contributed by atoms with Crippen molar-refractivity contribution in [2.75, 3.05) is 0 Å². The van der Waals surface area contributed by atoms with Crippen molar-refractivity contribution < 1.29 is 9.18 Å². The number of carbonyl (C=O) groups is 1. The third-order valence-corrected chi connectivity index (χ3v) is 4.90. The van der Waals surface area contributed by atoms with E-state index in [0.717, 1.165) is 7.40 Å². The van der Waals surface area contributed by atoms with Crippen LogP contribution in [0.3, 0.4) is 0 Å². The van der Waals surface area contributed by atoms with Crippen LogP contribution in [0.4, 0.5) is 4.39 Å². The van der Waals surface area contributed by atoms with Crippen molar-refractivity contribution >= 4 is 51.5 Å². The van der Waals surface area contributed by atoms with Gasteiger partial charge in [-0.1, -0.05) is 0 Å². The molecule has 0 spiro atoms. The van der Waals surface area contributed by atoms with Gasteiger partial charge in [-0.05, 0) is 63.4 Å². The lowest BCUT2D eigenvalue weighted by atomic mass is 10.2. The lowest BCUT2D eigenvalue weighted by molar-refractivity contribution is 0.112. The van der Waals surface area contributed by atoms with Crippen LogP contribution in [0.15, 0.2) is 24.5 Å². The van der Waals surface area contributed by atoms with Crippen LogP contribution in [0.1, 0.15) is 10.4 Å². The van der Waals surface area contributed by atoms with Crippen molar-refractivity contribution in [1.29, 1.82) is 0 Å². The highest BCUT2D eigenvalue weighted by molar-refractivity contribution is 14.1. The first-order chi connectivity index (χ1) is 7.63. The summed E-state index contributed by atoms with van der Waals surface area (Å²) in [6.07, 6.45) is 2.26. The second-order valence-corrected chi connectivity index (χ2v) is 5.06. The number of benzene rings is 1. The minimum absolute atomic E-state index is 0.312. The van der Waals surface area contributed by atoms with Crippen LogP contribution >= 0.6 is 45.2 Å². The summed E-state index contributed by atoms with van der Waals surface area (Å²) >= 11 is 4.23. The maximum Gasteiger partial charge on any atom is 0.152 e. The van der Waals surface area contributed by atoms with Crippen molar-refractivity contribution in [2.24, 2.45) is 0 Å². The average Bonchev–Trinajstić information content (AvgIpc) is 2.60. The molecule has 0 saturated carbocycles. The van der Waals surface area contributed by atoms with E-state index in [2.05, 4.69) is 50.2 Å². The molecule has 6 heteroatoms. The summed E-state index contributed by atoms with van der Waals surface area (Å²) in [6, 6.07) is 4.11. The van der Waals surface area contributed by atoms with E-state index < -0.39 is 5.82 Å². The summed E-state index contributed by atoms with van der Waals surface area (Å²) in [5.41, 5.74) is 0.947. The van der Waals surface area contributed by atoms with E-state index in [-0.39, 0.29) is 0 Å². The smallest absolute Gasteiger partial charge is 0.152 e. The molecule has 82 valence electrons. The molecule has 3 nitrogen and oxygen atoms in total. The highest BCUT2D eigenvalue weighted by Crippen LogP contribution is 2.21. The Morgan fingerprint density at radius 3 is 2.69 bits per heavy atom. The normalized spacial score (nSPS) is 10.4. The summed E-state index contributed by atoms with van der Waals surface area (Å²) < 4.78 is 16.5. The zero-order valence-corrected chi connectivity index (χ0v) is 12.1. The molecule has 1 aromatic heterocycles. The van der Waals surface area contributed by atoms with Gasteiger partial charge in [-0.2, -0.15) is 0 Å².